The maximum atomic E-state index is 6.50. The van der Waals surface area contributed by atoms with Gasteiger partial charge in [0, 0.05) is 78.2 Å². The van der Waals surface area contributed by atoms with Crippen molar-refractivity contribution in [1.29, 1.82) is 31.6 Å². The number of rotatable bonds is 0. The molecule has 0 N–H and O–H groups in total. The molecule has 0 spiro atoms. The van der Waals surface area contributed by atoms with Gasteiger partial charge in [0.2, 0.25) is 0 Å². The van der Waals surface area contributed by atoms with Crippen molar-refractivity contribution < 1.29 is 91.6 Å². The quantitative estimate of drug-likeness (QED) is 0.471. The Balaban J connectivity index is -0.00000000321. The molecule has 0 saturated heterocycles. The van der Waals surface area contributed by atoms with E-state index in [0.717, 1.165) is 0 Å². The molecule has 0 aliphatic heterocycles. The molecule has 0 heterocycles. The van der Waals surface area contributed by atoms with Gasteiger partial charge in [-0.2, -0.15) is 0 Å². The first-order valence-electron chi connectivity index (χ1n) is 1.55. The van der Waals surface area contributed by atoms with E-state index in [1.54, 1.807) is 0 Å². The van der Waals surface area contributed by atoms with E-state index >= 15 is 0 Å². The third-order valence-corrected chi connectivity index (χ3v) is 0. The molecule has 0 aliphatic rings. The second kappa shape index (κ2) is 62900. The van der Waals surface area contributed by atoms with Crippen LogP contribution in [0.4, 0.5) is 0 Å². The van der Waals surface area contributed by atoms with Crippen LogP contribution in [0.1, 0.15) is 1.43 Å². The Kier molecular flexibility index (Phi) is 351000. The van der Waals surface area contributed by atoms with Crippen LogP contribution in [0.3, 0.4) is 0 Å². The molecule has 0 saturated carbocycles. The first-order valence-corrected chi connectivity index (χ1v) is 1.55. The largest absolute Gasteiger partial charge is 1.00 e. The number of hydrogen-bond donors (Lipinski definition) is 0. The number of nitriles is 6. The fraction of sp³-hybridized carbons (Fsp3) is 0. The van der Waals surface area contributed by atoms with E-state index in [0.29, 0.717) is 0 Å². The summed E-state index contributed by atoms with van der Waals surface area (Å²) in [6, 6.07) is 0. The van der Waals surface area contributed by atoms with Gasteiger partial charge in [-0.3, -0.25) is 0 Å². The van der Waals surface area contributed by atoms with Gasteiger partial charge in [0.05, 0.1) is 0 Å². The SMILES string of the molecule is C#N.C#N.C#N.C#N.C#N.C#N.[Fe].[H-].[K+].[Ti]. The zero-order valence-corrected chi connectivity index (χ0v) is 13.8. The molecule has 0 aromatic carbocycles. The Morgan fingerprint density at radius 3 is 0.467 bits per heavy atom. The zero-order valence-electron chi connectivity index (χ0n) is 9.00. The second-order valence-electron chi connectivity index (χ2n) is 0. The Morgan fingerprint density at radius 1 is 0.467 bits per heavy atom. The zero-order chi connectivity index (χ0) is 12.0. The van der Waals surface area contributed by atoms with Gasteiger partial charge >= 0.3 is 51.4 Å². The molecule has 0 radical (unpaired) electrons. The molecule has 6 nitrogen and oxygen atoms in total. The van der Waals surface area contributed by atoms with Crippen LogP contribution in [0.15, 0.2) is 0 Å². The summed E-state index contributed by atoms with van der Waals surface area (Å²) in [5.74, 6) is 0. The van der Waals surface area contributed by atoms with Crippen molar-refractivity contribution >= 4 is 0 Å². The summed E-state index contributed by atoms with van der Waals surface area (Å²) in [7, 11) is 0. The maximum Gasteiger partial charge on any atom is 1.00 e. The maximum absolute atomic E-state index is 6.50. The Hall–Kier alpha value is -0.190. The van der Waals surface area contributed by atoms with Crippen molar-refractivity contribution in [2.45, 2.75) is 0 Å². The molecule has 0 unspecified atom stereocenters. The van der Waals surface area contributed by atoms with E-state index in [1.807, 2.05) is 0 Å². The van der Waals surface area contributed by atoms with Gasteiger partial charge in [-0.1, -0.05) is 0 Å². The van der Waals surface area contributed by atoms with Gasteiger partial charge in [0.1, 0.15) is 0 Å². The van der Waals surface area contributed by atoms with Crippen LogP contribution < -0.4 is 51.4 Å². The topological polar surface area (TPSA) is 143 Å². The molecule has 0 amide bonds. The monoisotopic (exact) mass is 306 g/mol. The number of hydrogen-bond acceptors (Lipinski definition) is 6. The summed E-state index contributed by atoms with van der Waals surface area (Å²) in [5, 5.41) is 39.0. The molecule has 0 bridgehead atoms. The summed E-state index contributed by atoms with van der Waals surface area (Å²) in [6.45, 7) is 21.0. The van der Waals surface area contributed by atoms with Crippen LogP contribution in [-0.2, 0) is 38.8 Å². The summed E-state index contributed by atoms with van der Waals surface area (Å²) < 4.78 is 0. The van der Waals surface area contributed by atoms with Crippen molar-refractivity contribution in [3.05, 3.63) is 0 Å². The molecule has 0 aromatic heterocycles. The molecule has 0 aliphatic carbocycles. The molecule has 74 valence electrons. The van der Waals surface area contributed by atoms with Gasteiger partial charge in [-0.15, -0.1) is 0 Å². The fourth-order valence-corrected chi connectivity index (χ4v) is 0. The van der Waals surface area contributed by atoms with Crippen LogP contribution in [-0.4, -0.2) is 0 Å². The minimum Gasteiger partial charge on any atom is -1.00 e. The van der Waals surface area contributed by atoms with Crippen LogP contribution in [0.2, 0.25) is 0 Å². The molecule has 0 rings (SSSR count). The van der Waals surface area contributed by atoms with E-state index < -0.39 is 0 Å². The van der Waals surface area contributed by atoms with Crippen molar-refractivity contribution in [1.82, 2.24) is 0 Å². The summed E-state index contributed by atoms with van der Waals surface area (Å²) in [5.41, 5.74) is 0. The predicted octanol–water partition coefficient (Wildman–Crippen LogP) is -2.05. The van der Waals surface area contributed by atoms with Crippen LogP contribution in [0, 0.1) is 71.0 Å². The molecular weight excluding hydrogens is 299 g/mol. The Labute approximate surface area is 160 Å². The van der Waals surface area contributed by atoms with Gasteiger partial charge in [0.25, 0.3) is 0 Å². The van der Waals surface area contributed by atoms with Crippen LogP contribution >= 0.6 is 0 Å². The summed E-state index contributed by atoms with van der Waals surface area (Å²) >= 11 is 0. The smallest absolute Gasteiger partial charge is 1.00 e. The third-order valence-electron chi connectivity index (χ3n) is 0. The average molecular weight is 306 g/mol. The standard InChI is InChI=1S/6CHN.Fe.K.Ti.H/c6*1-2;;;;/h6*1H;;;;/q;;;;;;;+1;;-1. The Morgan fingerprint density at radius 2 is 0.467 bits per heavy atom. The van der Waals surface area contributed by atoms with E-state index in [1.165, 1.54) is 0 Å². The predicted molar refractivity (Wildman–Crippen MR) is 41.1 cm³/mol. The normalized spacial score (nSPS) is 0.800. The molecule has 9 heteroatoms. The van der Waals surface area contributed by atoms with Crippen molar-refractivity contribution in [3.8, 4) is 39.4 Å². The van der Waals surface area contributed by atoms with Gasteiger partial charge < -0.3 is 1.43 Å². The van der Waals surface area contributed by atoms with E-state index in [9.17, 15) is 0 Å². The van der Waals surface area contributed by atoms with Gasteiger partial charge in [0.15, 0.2) is 0 Å². The summed E-state index contributed by atoms with van der Waals surface area (Å²) in [6.07, 6.45) is 0. The third kappa shape index (κ3) is 53400. The van der Waals surface area contributed by atoms with Crippen LogP contribution in [0.5, 0.6) is 0 Å². The van der Waals surface area contributed by atoms with Gasteiger partial charge in [-0.25, -0.2) is 31.6 Å². The van der Waals surface area contributed by atoms with E-state index in [2.05, 4.69) is 39.4 Å². The van der Waals surface area contributed by atoms with Crippen molar-refractivity contribution in [2.75, 3.05) is 0 Å². The summed E-state index contributed by atoms with van der Waals surface area (Å²) in [4.78, 5) is 0. The van der Waals surface area contributed by atoms with Crippen molar-refractivity contribution in [3.63, 3.8) is 0 Å². The second-order valence-corrected chi connectivity index (χ2v) is 0. The minimum absolute atomic E-state index is 0. The molecular formula is C6H7FeKN6Ti. The van der Waals surface area contributed by atoms with Crippen molar-refractivity contribution in [2.24, 2.45) is 0 Å². The number of nitrogens with zero attached hydrogens (tertiary/aromatic N) is 6. The van der Waals surface area contributed by atoms with Crippen LogP contribution in [0.25, 0.3) is 0 Å². The van der Waals surface area contributed by atoms with E-state index in [4.69, 9.17) is 31.6 Å². The first-order chi connectivity index (χ1) is 6.00. The molecule has 0 atom stereocenters. The minimum atomic E-state index is 0. The Bertz CT molecular complexity index is 108. The molecule has 15 heavy (non-hydrogen) atoms. The van der Waals surface area contributed by atoms with Gasteiger partial charge in [-0.05, 0) is 0 Å². The van der Waals surface area contributed by atoms with E-state index in [-0.39, 0.29) is 91.6 Å². The fourth-order valence-electron chi connectivity index (χ4n) is 0. The molecule has 0 aromatic rings. The molecule has 0 fully saturated rings. The average Bonchev–Trinajstić information content (AvgIpc) is 2.33. The first kappa shape index (κ1) is 83.7.